The maximum atomic E-state index is 11.1. The summed E-state index contributed by atoms with van der Waals surface area (Å²) in [7, 11) is 0. The molecule has 0 radical (unpaired) electrons. The number of rotatable bonds is 5. The Kier molecular flexibility index (Phi) is 2.89. The van der Waals surface area contributed by atoms with E-state index in [1.54, 1.807) is 6.92 Å². The van der Waals surface area contributed by atoms with Gasteiger partial charge in [0.15, 0.2) is 0 Å². The molecule has 0 amide bonds. The molecule has 1 aromatic rings. The molecule has 1 aliphatic carbocycles. The van der Waals surface area contributed by atoms with Gasteiger partial charge in [-0.3, -0.25) is 9.48 Å². The molecule has 1 aromatic heterocycles. The van der Waals surface area contributed by atoms with Crippen LogP contribution in [0.3, 0.4) is 0 Å². The molecule has 0 spiro atoms. The zero-order chi connectivity index (χ0) is 10.8. The predicted molar refractivity (Wildman–Crippen MR) is 58.9 cm³/mol. The van der Waals surface area contributed by atoms with E-state index in [0.717, 1.165) is 18.5 Å². The fraction of sp³-hybridized carbons (Fsp3) is 0.667. The quantitative estimate of drug-likeness (QED) is 0.741. The van der Waals surface area contributed by atoms with Gasteiger partial charge in [0.05, 0.1) is 5.69 Å². The Bertz CT molecular complexity index is 364. The molecule has 2 rings (SSSR count). The van der Waals surface area contributed by atoms with Crippen molar-refractivity contribution < 1.29 is 4.79 Å². The van der Waals surface area contributed by atoms with Gasteiger partial charge in [0, 0.05) is 30.6 Å². The molecule has 82 valence electrons. The van der Waals surface area contributed by atoms with Crippen molar-refractivity contribution in [1.82, 2.24) is 9.78 Å². The highest BCUT2D eigenvalue weighted by Crippen LogP contribution is 2.40. The number of carbonyl (C=O) groups excluding carboxylic acids is 1. The van der Waals surface area contributed by atoms with E-state index < -0.39 is 0 Å². The zero-order valence-corrected chi connectivity index (χ0v) is 9.49. The maximum Gasteiger partial charge on any atom is 0.134 e. The molecule has 0 aliphatic heterocycles. The molecule has 0 aromatic carbocycles. The largest absolute Gasteiger partial charge is 0.300 e. The second kappa shape index (κ2) is 4.17. The standard InChI is InChI=1S/C12H18N2O/c1-3-6-14-8-11(7-9(2)15)12(13-14)10-4-5-10/h8,10H,3-7H2,1-2H3. The molecule has 0 unspecified atom stereocenters. The van der Waals surface area contributed by atoms with Crippen LogP contribution in [0.2, 0.25) is 0 Å². The van der Waals surface area contributed by atoms with E-state index >= 15 is 0 Å². The molecule has 1 saturated carbocycles. The Hall–Kier alpha value is -1.12. The van der Waals surface area contributed by atoms with Gasteiger partial charge in [-0.1, -0.05) is 6.92 Å². The average molecular weight is 206 g/mol. The van der Waals surface area contributed by atoms with Gasteiger partial charge in [-0.25, -0.2) is 0 Å². The molecule has 15 heavy (non-hydrogen) atoms. The first-order valence-electron chi connectivity index (χ1n) is 5.76. The van der Waals surface area contributed by atoms with E-state index in [0.29, 0.717) is 12.3 Å². The topological polar surface area (TPSA) is 34.9 Å². The molecule has 1 fully saturated rings. The number of aryl methyl sites for hydroxylation is 1. The third kappa shape index (κ3) is 2.46. The Morgan fingerprint density at radius 2 is 2.33 bits per heavy atom. The van der Waals surface area contributed by atoms with Gasteiger partial charge >= 0.3 is 0 Å². The van der Waals surface area contributed by atoms with E-state index in [1.807, 2.05) is 4.68 Å². The van der Waals surface area contributed by atoms with E-state index in [1.165, 1.54) is 18.5 Å². The van der Waals surface area contributed by atoms with Crippen molar-refractivity contribution >= 4 is 5.78 Å². The zero-order valence-electron chi connectivity index (χ0n) is 9.49. The highest BCUT2D eigenvalue weighted by molar-refractivity contribution is 5.78. The fourth-order valence-electron chi connectivity index (χ4n) is 1.93. The van der Waals surface area contributed by atoms with Crippen LogP contribution in [0.25, 0.3) is 0 Å². The third-order valence-electron chi connectivity index (χ3n) is 2.73. The Morgan fingerprint density at radius 3 is 2.87 bits per heavy atom. The lowest BCUT2D eigenvalue weighted by Crippen LogP contribution is -1.98. The van der Waals surface area contributed by atoms with Crippen LogP contribution in [0.15, 0.2) is 6.20 Å². The van der Waals surface area contributed by atoms with Crippen molar-refractivity contribution in [2.24, 2.45) is 0 Å². The van der Waals surface area contributed by atoms with Crippen molar-refractivity contribution in [2.75, 3.05) is 0 Å². The van der Waals surface area contributed by atoms with Crippen molar-refractivity contribution in [2.45, 2.75) is 52.0 Å². The van der Waals surface area contributed by atoms with Crippen molar-refractivity contribution in [1.29, 1.82) is 0 Å². The molecular formula is C12H18N2O. The summed E-state index contributed by atoms with van der Waals surface area (Å²) in [5.41, 5.74) is 2.33. The van der Waals surface area contributed by atoms with Crippen molar-refractivity contribution in [3.63, 3.8) is 0 Å². The second-order valence-corrected chi connectivity index (χ2v) is 4.46. The van der Waals surface area contributed by atoms with Gasteiger partial charge in [-0.15, -0.1) is 0 Å². The molecule has 1 heterocycles. The summed E-state index contributed by atoms with van der Waals surface area (Å²) in [5, 5.41) is 4.58. The molecule has 3 nitrogen and oxygen atoms in total. The predicted octanol–water partition coefficient (Wildman–Crippen LogP) is 2.30. The minimum absolute atomic E-state index is 0.230. The third-order valence-corrected chi connectivity index (χ3v) is 2.73. The normalized spacial score (nSPS) is 15.6. The molecular weight excluding hydrogens is 188 g/mol. The highest BCUT2D eigenvalue weighted by Gasteiger charge is 2.29. The van der Waals surface area contributed by atoms with E-state index in [9.17, 15) is 4.79 Å². The lowest BCUT2D eigenvalue weighted by molar-refractivity contribution is -0.116. The van der Waals surface area contributed by atoms with Crippen molar-refractivity contribution in [3.8, 4) is 0 Å². The van der Waals surface area contributed by atoms with E-state index in [-0.39, 0.29) is 5.78 Å². The minimum Gasteiger partial charge on any atom is -0.300 e. The van der Waals surface area contributed by atoms with Crippen LogP contribution in [0.5, 0.6) is 0 Å². The second-order valence-electron chi connectivity index (χ2n) is 4.46. The van der Waals surface area contributed by atoms with Gasteiger partial charge < -0.3 is 0 Å². The van der Waals surface area contributed by atoms with Crippen LogP contribution >= 0.6 is 0 Å². The first kappa shape index (κ1) is 10.4. The smallest absolute Gasteiger partial charge is 0.134 e. The Balaban J connectivity index is 2.20. The number of aromatic nitrogens is 2. The number of carbonyl (C=O) groups is 1. The number of Topliss-reactive ketones (excluding diaryl/α,β-unsaturated/α-hetero) is 1. The summed E-state index contributed by atoms with van der Waals surface area (Å²) < 4.78 is 1.99. The number of nitrogens with zero attached hydrogens (tertiary/aromatic N) is 2. The lowest BCUT2D eigenvalue weighted by atomic mass is 10.1. The van der Waals surface area contributed by atoms with Gasteiger partial charge in [-0.05, 0) is 26.2 Å². The number of hydrogen-bond donors (Lipinski definition) is 0. The Labute approximate surface area is 90.5 Å². The van der Waals surface area contributed by atoms with Crippen LogP contribution in [-0.4, -0.2) is 15.6 Å². The van der Waals surface area contributed by atoms with Crippen molar-refractivity contribution in [3.05, 3.63) is 17.5 Å². The summed E-state index contributed by atoms with van der Waals surface area (Å²) in [4.78, 5) is 11.1. The molecule has 1 aliphatic rings. The maximum absolute atomic E-state index is 11.1. The summed E-state index contributed by atoms with van der Waals surface area (Å²) in [5.74, 6) is 0.866. The summed E-state index contributed by atoms with van der Waals surface area (Å²) >= 11 is 0. The highest BCUT2D eigenvalue weighted by atomic mass is 16.1. The first-order chi connectivity index (χ1) is 7.20. The van der Waals surface area contributed by atoms with Gasteiger partial charge in [0.1, 0.15) is 5.78 Å². The average Bonchev–Trinajstić information content (AvgIpc) is 2.91. The number of ketones is 1. The minimum atomic E-state index is 0.230. The van der Waals surface area contributed by atoms with E-state index in [4.69, 9.17) is 0 Å². The molecule has 3 heteroatoms. The van der Waals surface area contributed by atoms with Crippen LogP contribution < -0.4 is 0 Å². The van der Waals surface area contributed by atoms with E-state index in [2.05, 4.69) is 18.2 Å². The summed E-state index contributed by atoms with van der Waals surface area (Å²) in [6.07, 6.45) is 6.18. The molecule has 0 N–H and O–H groups in total. The van der Waals surface area contributed by atoms with Gasteiger partial charge in [0.25, 0.3) is 0 Å². The van der Waals surface area contributed by atoms with Crippen LogP contribution in [0.4, 0.5) is 0 Å². The summed E-state index contributed by atoms with van der Waals surface area (Å²) in [6, 6.07) is 0. The molecule has 0 bridgehead atoms. The monoisotopic (exact) mass is 206 g/mol. The van der Waals surface area contributed by atoms with Gasteiger partial charge in [-0.2, -0.15) is 5.10 Å². The van der Waals surface area contributed by atoms with Gasteiger partial charge in [0.2, 0.25) is 0 Å². The van der Waals surface area contributed by atoms with Crippen LogP contribution in [0.1, 0.15) is 50.3 Å². The Morgan fingerprint density at radius 1 is 1.60 bits per heavy atom. The number of hydrogen-bond acceptors (Lipinski definition) is 2. The fourth-order valence-corrected chi connectivity index (χ4v) is 1.93. The molecule has 0 atom stereocenters. The lowest BCUT2D eigenvalue weighted by Gasteiger charge is -1.95. The summed E-state index contributed by atoms with van der Waals surface area (Å²) in [6.45, 7) is 4.74. The SMILES string of the molecule is CCCn1cc(CC(C)=O)c(C2CC2)n1. The van der Waals surface area contributed by atoms with Crippen LogP contribution in [-0.2, 0) is 17.8 Å². The van der Waals surface area contributed by atoms with Crippen LogP contribution in [0, 0.1) is 0 Å². The first-order valence-corrected chi connectivity index (χ1v) is 5.76. The molecule has 0 saturated heterocycles.